The average Bonchev–Trinajstić information content (AvgIpc) is 2.91. The lowest BCUT2D eigenvalue weighted by Crippen LogP contribution is -2.15. The van der Waals surface area contributed by atoms with Crippen LogP contribution in [0.2, 0.25) is 5.02 Å². The number of thiazole rings is 1. The first-order chi connectivity index (χ1) is 10.3. The van der Waals surface area contributed by atoms with Crippen LogP contribution in [0.25, 0.3) is 10.2 Å². The van der Waals surface area contributed by atoms with E-state index in [1.54, 1.807) is 0 Å². The summed E-state index contributed by atoms with van der Waals surface area (Å²) in [6.07, 6.45) is 0. The number of ether oxygens (including phenoxy) is 2. The van der Waals surface area contributed by atoms with Gasteiger partial charge in [-0.25, -0.2) is 4.98 Å². The van der Waals surface area contributed by atoms with Crippen LogP contribution in [0.15, 0.2) is 36.4 Å². The molecule has 0 radical (unpaired) electrons. The number of fused-ring (bicyclic) bond motifs is 2. The number of nitrogens with one attached hydrogen (secondary N) is 1. The molecule has 0 unspecified atom stereocenters. The second-order valence-corrected chi connectivity index (χ2v) is 6.00. The fraction of sp³-hybridized carbons (Fsp3) is 0.133. The van der Waals surface area contributed by atoms with E-state index in [1.807, 2.05) is 36.4 Å². The minimum absolute atomic E-state index is 0.577. The monoisotopic (exact) mass is 318 g/mol. The highest BCUT2D eigenvalue weighted by Crippen LogP contribution is 2.36. The Morgan fingerprint density at radius 3 is 2.81 bits per heavy atom. The molecule has 1 aliphatic rings. The Labute approximate surface area is 130 Å². The summed E-state index contributed by atoms with van der Waals surface area (Å²) in [5.41, 5.74) is 1.81. The smallest absolute Gasteiger partial charge is 0.188 e. The first kappa shape index (κ1) is 12.7. The lowest BCUT2D eigenvalue weighted by molar-refractivity contribution is 0.171. The normalized spacial score (nSPS) is 13.4. The van der Waals surface area contributed by atoms with Crippen molar-refractivity contribution < 1.29 is 9.47 Å². The molecule has 2 aromatic carbocycles. The molecule has 106 valence electrons. The Kier molecular flexibility index (Phi) is 3.09. The zero-order valence-corrected chi connectivity index (χ0v) is 12.5. The fourth-order valence-corrected chi connectivity index (χ4v) is 3.39. The molecular formula is C15H11ClN2O2S. The van der Waals surface area contributed by atoms with Gasteiger partial charge in [0.1, 0.15) is 13.2 Å². The zero-order chi connectivity index (χ0) is 14.2. The van der Waals surface area contributed by atoms with E-state index in [2.05, 4.69) is 10.3 Å². The third-order valence-electron chi connectivity index (χ3n) is 3.16. The van der Waals surface area contributed by atoms with Gasteiger partial charge in [0.15, 0.2) is 16.6 Å². The van der Waals surface area contributed by atoms with Crippen LogP contribution in [0.1, 0.15) is 0 Å². The number of rotatable bonds is 2. The van der Waals surface area contributed by atoms with Crippen molar-refractivity contribution >= 4 is 44.0 Å². The van der Waals surface area contributed by atoms with Crippen molar-refractivity contribution in [3.63, 3.8) is 0 Å². The van der Waals surface area contributed by atoms with E-state index in [0.717, 1.165) is 37.6 Å². The van der Waals surface area contributed by atoms with Crippen molar-refractivity contribution in [3.8, 4) is 11.5 Å². The molecule has 6 heteroatoms. The Balaban J connectivity index is 1.66. The van der Waals surface area contributed by atoms with Crippen LogP contribution in [0.4, 0.5) is 10.8 Å². The highest BCUT2D eigenvalue weighted by atomic mass is 35.5. The van der Waals surface area contributed by atoms with Crippen LogP contribution in [-0.4, -0.2) is 18.2 Å². The van der Waals surface area contributed by atoms with E-state index in [9.17, 15) is 0 Å². The minimum atomic E-state index is 0.577. The first-order valence-corrected chi connectivity index (χ1v) is 7.71. The average molecular weight is 319 g/mol. The van der Waals surface area contributed by atoms with Crippen molar-refractivity contribution in [2.45, 2.75) is 0 Å². The van der Waals surface area contributed by atoms with Crippen molar-refractivity contribution in [2.24, 2.45) is 0 Å². The highest BCUT2D eigenvalue weighted by Gasteiger charge is 2.13. The Morgan fingerprint density at radius 1 is 1.10 bits per heavy atom. The molecule has 0 atom stereocenters. The summed E-state index contributed by atoms with van der Waals surface area (Å²) in [5, 5.41) is 4.81. The lowest BCUT2D eigenvalue weighted by atomic mass is 10.2. The molecule has 21 heavy (non-hydrogen) atoms. The minimum Gasteiger partial charge on any atom is -0.486 e. The Morgan fingerprint density at radius 2 is 1.95 bits per heavy atom. The van der Waals surface area contributed by atoms with Gasteiger partial charge in [-0.3, -0.25) is 0 Å². The van der Waals surface area contributed by atoms with Gasteiger partial charge in [-0.15, -0.1) is 0 Å². The van der Waals surface area contributed by atoms with Gasteiger partial charge < -0.3 is 14.8 Å². The van der Waals surface area contributed by atoms with Crippen LogP contribution in [0, 0.1) is 0 Å². The summed E-state index contributed by atoms with van der Waals surface area (Å²) in [4.78, 5) is 4.53. The summed E-state index contributed by atoms with van der Waals surface area (Å²) in [6.45, 7) is 1.17. The van der Waals surface area contributed by atoms with Gasteiger partial charge in [0.25, 0.3) is 0 Å². The lowest BCUT2D eigenvalue weighted by Gasteiger charge is -2.18. The molecule has 0 saturated heterocycles. The zero-order valence-electron chi connectivity index (χ0n) is 10.9. The summed E-state index contributed by atoms with van der Waals surface area (Å²) in [5.74, 6) is 1.53. The number of hydrogen-bond acceptors (Lipinski definition) is 5. The highest BCUT2D eigenvalue weighted by molar-refractivity contribution is 7.22. The van der Waals surface area contributed by atoms with Gasteiger partial charge in [-0.05, 0) is 24.3 Å². The molecule has 4 rings (SSSR count). The summed E-state index contributed by atoms with van der Waals surface area (Å²) < 4.78 is 12.1. The number of aromatic nitrogens is 1. The van der Waals surface area contributed by atoms with Gasteiger partial charge in [0, 0.05) is 11.8 Å². The number of anilines is 2. The van der Waals surface area contributed by atoms with E-state index in [1.165, 1.54) is 11.3 Å². The SMILES string of the molecule is Clc1cccc2nc(Nc3ccc4c(c3)OCCO4)sc12. The number of nitrogens with zero attached hydrogens (tertiary/aromatic N) is 1. The van der Waals surface area contributed by atoms with Gasteiger partial charge in [-0.2, -0.15) is 0 Å². The number of hydrogen-bond donors (Lipinski definition) is 1. The molecule has 0 saturated carbocycles. The van der Waals surface area contributed by atoms with E-state index < -0.39 is 0 Å². The van der Waals surface area contributed by atoms with Crippen LogP contribution >= 0.6 is 22.9 Å². The van der Waals surface area contributed by atoms with Crippen LogP contribution in [0.3, 0.4) is 0 Å². The molecule has 1 N–H and O–H groups in total. The third kappa shape index (κ3) is 2.39. The molecule has 0 bridgehead atoms. The topological polar surface area (TPSA) is 43.4 Å². The Hall–Kier alpha value is -1.98. The quantitative estimate of drug-likeness (QED) is 0.757. The van der Waals surface area contributed by atoms with Crippen molar-refractivity contribution in [1.82, 2.24) is 4.98 Å². The maximum atomic E-state index is 6.17. The van der Waals surface area contributed by atoms with Crippen molar-refractivity contribution in [2.75, 3.05) is 18.5 Å². The molecule has 0 amide bonds. The second-order valence-electron chi connectivity index (χ2n) is 4.59. The molecule has 1 aliphatic heterocycles. The van der Waals surface area contributed by atoms with Gasteiger partial charge in [-0.1, -0.05) is 29.0 Å². The van der Waals surface area contributed by atoms with Gasteiger partial charge >= 0.3 is 0 Å². The fourth-order valence-electron chi connectivity index (χ4n) is 2.21. The van der Waals surface area contributed by atoms with Crippen molar-refractivity contribution in [1.29, 1.82) is 0 Å². The predicted octanol–water partition coefficient (Wildman–Crippen LogP) is 4.46. The van der Waals surface area contributed by atoms with Crippen LogP contribution in [-0.2, 0) is 0 Å². The number of halogens is 1. The maximum absolute atomic E-state index is 6.17. The molecular weight excluding hydrogens is 308 g/mol. The van der Waals surface area contributed by atoms with E-state index in [0.29, 0.717) is 13.2 Å². The molecule has 3 aromatic rings. The Bertz CT molecular complexity index is 819. The molecule has 4 nitrogen and oxygen atoms in total. The molecule has 0 spiro atoms. The van der Waals surface area contributed by atoms with E-state index >= 15 is 0 Å². The van der Waals surface area contributed by atoms with Crippen LogP contribution < -0.4 is 14.8 Å². The summed E-state index contributed by atoms with van der Waals surface area (Å²) in [7, 11) is 0. The molecule has 1 aromatic heterocycles. The van der Waals surface area contributed by atoms with E-state index in [-0.39, 0.29) is 0 Å². The van der Waals surface area contributed by atoms with Crippen molar-refractivity contribution in [3.05, 3.63) is 41.4 Å². The maximum Gasteiger partial charge on any atom is 0.188 e. The number of benzene rings is 2. The van der Waals surface area contributed by atoms with Gasteiger partial charge in [0.2, 0.25) is 0 Å². The second kappa shape index (κ2) is 5.09. The van der Waals surface area contributed by atoms with Crippen LogP contribution in [0.5, 0.6) is 11.5 Å². The predicted molar refractivity (Wildman–Crippen MR) is 85.3 cm³/mol. The first-order valence-electron chi connectivity index (χ1n) is 6.51. The van der Waals surface area contributed by atoms with E-state index in [4.69, 9.17) is 21.1 Å². The molecule has 2 heterocycles. The summed E-state index contributed by atoms with van der Waals surface area (Å²) >= 11 is 7.70. The standard InChI is InChI=1S/C15H11ClN2O2S/c16-10-2-1-3-11-14(10)21-15(18-11)17-9-4-5-12-13(8-9)20-7-6-19-12/h1-5,8H,6-7H2,(H,17,18). The summed E-state index contributed by atoms with van der Waals surface area (Å²) in [6, 6.07) is 11.5. The molecule has 0 fully saturated rings. The molecule has 0 aliphatic carbocycles. The van der Waals surface area contributed by atoms with Gasteiger partial charge in [0.05, 0.1) is 15.2 Å². The largest absolute Gasteiger partial charge is 0.486 e. The third-order valence-corrected chi connectivity index (χ3v) is 4.61.